The summed E-state index contributed by atoms with van der Waals surface area (Å²) in [6, 6.07) is 8.76. The summed E-state index contributed by atoms with van der Waals surface area (Å²) in [6.07, 6.45) is 1.80. The Labute approximate surface area is 178 Å². The number of hydrogen-bond donors (Lipinski definition) is 0. The number of thiophene rings is 1. The molecule has 2 aromatic heterocycles. The van der Waals surface area contributed by atoms with Gasteiger partial charge in [-0.3, -0.25) is 9.36 Å². The molecule has 0 saturated carbocycles. The number of carbonyl (C=O) groups is 1. The lowest BCUT2D eigenvalue weighted by Crippen LogP contribution is -2.39. The number of methoxy groups -OCH3 is 1. The van der Waals surface area contributed by atoms with Crippen molar-refractivity contribution in [2.24, 2.45) is 4.99 Å². The third-order valence-electron chi connectivity index (χ3n) is 4.93. The van der Waals surface area contributed by atoms with Crippen LogP contribution in [0.15, 0.2) is 56.8 Å². The summed E-state index contributed by atoms with van der Waals surface area (Å²) in [5.74, 6) is 0.848. The molecule has 30 heavy (non-hydrogen) atoms. The van der Waals surface area contributed by atoms with Crippen molar-refractivity contribution in [2.75, 3.05) is 13.9 Å². The minimum Gasteiger partial charge on any atom is -0.466 e. The molecule has 0 N–H and O–H groups in total. The Balaban J connectivity index is 1.70. The highest BCUT2D eigenvalue weighted by Gasteiger charge is 2.33. The van der Waals surface area contributed by atoms with Gasteiger partial charge in [-0.25, -0.2) is 9.79 Å². The van der Waals surface area contributed by atoms with E-state index in [0.29, 0.717) is 32.1 Å². The van der Waals surface area contributed by atoms with Crippen LogP contribution in [0.3, 0.4) is 0 Å². The van der Waals surface area contributed by atoms with Crippen LogP contribution in [-0.2, 0) is 9.53 Å². The van der Waals surface area contributed by atoms with Crippen molar-refractivity contribution >= 4 is 34.7 Å². The minimum absolute atomic E-state index is 0.192. The second kappa shape index (κ2) is 7.26. The molecule has 0 unspecified atom stereocenters. The Morgan fingerprint density at radius 3 is 2.90 bits per heavy atom. The number of fused-ring (bicyclic) bond motifs is 2. The predicted octanol–water partition coefficient (Wildman–Crippen LogP) is 2.20. The van der Waals surface area contributed by atoms with Gasteiger partial charge in [0, 0.05) is 4.88 Å². The van der Waals surface area contributed by atoms with Gasteiger partial charge in [-0.15, -0.1) is 11.3 Å². The lowest BCUT2D eigenvalue weighted by atomic mass is 10.0. The van der Waals surface area contributed by atoms with Crippen LogP contribution in [0, 0.1) is 0 Å². The molecule has 0 radical (unpaired) electrons. The first-order valence-electron chi connectivity index (χ1n) is 9.10. The fourth-order valence-corrected chi connectivity index (χ4v) is 5.43. The lowest BCUT2D eigenvalue weighted by molar-refractivity contribution is -0.136. The van der Waals surface area contributed by atoms with E-state index in [1.165, 1.54) is 29.8 Å². The summed E-state index contributed by atoms with van der Waals surface area (Å²) < 4.78 is 17.9. The van der Waals surface area contributed by atoms with Gasteiger partial charge in [-0.1, -0.05) is 23.5 Å². The summed E-state index contributed by atoms with van der Waals surface area (Å²) in [7, 11) is 1.33. The Morgan fingerprint density at radius 1 is 1.30 bits per heavy atom. The van der Waals surface area contributed by atoms with Crippen LogP contribution in [0.4, 0.5) is 0 Å². The van der Waals surface area contributed by atoms with Gasteiger partial charge in [0.05, 0.1) is 22.9 Å². The molecule has 0 fully saturated rings. The first kappa shape index (κ1) is 18.8. The standard InChI is InChI=1S/C21H16N2O5S2/c1-11-17(20(25)26-2)18(15-4-3-7-29-15)23-19(24)16(30-21(23)22-11)9-12-5-6-13-14(8-12)28-10-27-13/h3-9,18H,10H2,1-2H3/t18-/m1/s1. The van der Waals surface area contributed by atoms with Gasteiger partial charge in [0.15, 0.2) is 16.3 Å². The van der Waals surface area contributed by atoms with Crippen molar-refractivity contribution in [1.82, 2.24) is 4.57 Å². The maximum atomic E-state index is 13.4. The molecule has 5 rings (SSSR count). The van der Waals surface area contributed by atoms with Gasteiger partial charge < -0.3 is 14.2 Å². The molecule has 2 aliphatic heterocycles. The third kappa shape index (κ3) is 2.98. The van der Waals surface area contributed by atoms with E-state index < -0.39 is 12.0 Å². The van der Waals surface area contributed by atoms with E-state index in [0.717, 1.165) is 10.4 Å². The van der Waals surface area contributed by atoms with Gasteiger partial charge in [0.2, 0.25) is 6.79 Å². The van der Waals surface area contributed by atoms with Crippen molar-refractivity contribution in [3.63, 3.8) is 0 Å². The quantitative estimate of drug-likeness (QED) is 0.584. The maximum Gasteiger partial charge on any atom is 0.338 e. The van der Waals surface area contributed by atoms with Crippen molar-refractivity contribution < 1.29 is 19.0 Å². The molecule has 7 nitrogen and oxygen atoms in total. The van der Waals surface area contributed by atoms with Crippen LogP contribution in [0.2, 0.25) is 0 Å². The topological polar surface area (TPSA) is 79.1 Å². The van der Waals surface area contributed by atoms with Gasteiger partial charge in [0.1, 0.15) is 6.04 Å². The summed E-state index contributed by atoms with van der Waals surface area (Å²) in [6.45, 7) is 1.96. The molecule has 0 amide bonds. The van der Waals surface area contributed by atoms with Crippen LogP contribution in [0.1, 0.15) is 23.4 Å². The summed E-state index contributed by atoms with van der Waals surface area (Å²) in [4.78, 5) is 31.9. The first-order chi connectivity index (χ1) is 14.6. The highest BCUT2D eigenvalue weighted by molar-refractivity contribution is 7.10. The van der Waals surface area contributed by atoms with E-state index in [-0.39, 0.29) is 12.4 Å². The molecule has 4 heterocycles. The number of aromatic nitrogens is 1. The third-order valence-corrected chi connectivity index (χ3v) is 6.84. The summed E-state index contributed by atoms with van der Waals surface area (Å²) in [5.41, 5.74) is 1.54. The van der Waals surface area contributed by atoms with E-state index in [9.17, 15) is 9.59 Å². The lowest BCUT2D eigenvalue weighted by Gasteiger charge is -2.22. The molecule has 0 spiro atoms. The van der Waals surface area contributed by atoms with Crippen LogP contribution >= 0.6 is 22.7 Å². The number of esters is 1. The fraction of sp³-hybridized carbons (Fsp3) is 0.190. The largest absolute Gasteiger partial charge is 0.466 e. The van der Waals surface area contributed by atoms with Crippen molar-refractivity contribution in [2.45, 2.75) is 13.0 Å². The normalized spacial score (nSPS) is 17.7. The van der Waals surface area contributed by atoms with Crippen LogP contribution < -0.4 is 24.4 Å². The van der Waals surface area contributed by atoms with Gasteiger partial charge in [-0.05, 0) is 42.1 Å². The molecule has 0 aliphatic carbocycles. The zero-order valence-electron chi connectivity index (χ0n) is 16.1. The average molecular weight is 441 g/mol. The zero-order chi connectivity index (χ0) is 20.8. The SMILES string of the molecule is COC(=O)C1=C(C)N=c2sc(=Cc3ccc4c(c3)OCO4)c(=O)n2[C@@H]1c1cccs1. The monoisotopic (exact) mass is 440 g/mol. The van der Waals surface area contributed by atoms with Gasteiger partial charge >= 0.3 is 5.97 Å². The zero-order valence-corrected chi connectivity index (χ0v) is 17.7. The molecule has 152 valence electrons. The molecule has 1 atom stereocenters. The Morgan fingerprint density at radius 2 is 2.13 bits per heavy atom. The molecule has 3 aromatic rings. The van der Waals surface area contributed by atoms with Crippen molar-refractivity contribution in [3.05, 3.63) is 77.1 Å². The number of allylic oxidation sites excluding steroid dienone is 1. The Kier molecular flexibility index (Phi) is 4.56. The van der Waals surface area contributed by atoms with Gasteiger partial charge in [0.25, 0.3) is 5.56 Å². The number of thiazole rings is 1. The number of benzene rings is 1. The highest BCUT2D eigenvalue weighted by atomic mass is 32.1. The van der Waals surface area contributed by atoms with Crippen molar-refractivity contribution in [1.29, 1.82) is 0 Å². The summed E-state index contributed by atoms with van der Waals surface area (Å²) >= 11 is 2.77. The number of ether oxygens (including phenoxy) is 3. The van der Waals surface area contributed by atoms with Crippen molar-refractivity contribution in [3.8, 4) is 11.5 Å². The predicted molar refractivity (Wildman–Crippen MR) is 113 cm³/mol. The van der Waals surface area contributed by atoms with E-state index in [4.69, 9.17) is 14.2 Å². The molecule has 2 aliphatic rings. The molecule has 0 saturated heterocycles. The highest BCUT2D eigenvalue weighted by Crippen LogP contribution is 2.34. The summed E-state index contributed by atoms with van der Waals surface area (Å²) in [5, 5.41) is 1.92. The average Bonchev–Trinajstić information content (AvgIpc) is 3.48. The molecular formula is C21H16N2O5S2. The van der Waals surface area contributed by atoms with Crippen LogP contribution in [0.5, 0.6) is 11.5 Å². The molecule has 1 aromatic carbocycles. The second-order valence-corrected chi connectivity index (χ2v) is 8.69. The van der Waals surface area contributed by atoms with E-state index in [1.54, 1.807) is 17.6 Å². The number of hydrogen-bond acceptors (Lipinski definition) is 8. The Hall–Kier alpha value is -3.17. The molecule has 9 heteroatoms. The smallest absolute Gasteiger partial charge is 0.338 e. The van der Waals surface area contributed by atoms with E-state index in [1.807, 2.05) is 35.7 Å². The number of carbonyl (C=O) groups excluding carboxylic acids is 1. The first-order valence-corrected chi connectivity index (χ1v) is 10.8. The van der Waals surface area contributed by atoms with Crippen LogP contribution in [-0.4, -0.2) is 24.4 Å². The molecular weight excluding hydrogens is 424 g/mol. The van der Waals surface area contributed by atoms with Gasteiger partial charge in [-0.2, -0.15) is 0 Å². The second-order valence-electron chi connectivity index (χ2n) is 6.70. The minimum atomic E-state index is -0.562. The number of nitrogens with zero attached hydrogens (tertiary/aromatic N) is 2. The maximum absolute atomic E-state index is 13.4. The number of rotatable bonds is 3. The fourth-order valence-electron chi connectivity index (χ4n) is 3.56. The van der Waals surface area contributed by atoms with Crippen LogP contribution in [0.25, 0.3) is 6.08 Å². The van der Waals surface area contributed by atoms with E-state index in [2.05, 4.69) is 4.99 Å². The molecule has 0 bridgehead atoms. The van der Waals surface area contributed by atoms with E-state index >= 15 is 0 Å². The Bertz CT molecular complexity index is 1370.